The van der Waals surface area contributed by atoms with Crippen molar-refractivity contribution in [2.45, 2.75) is 32.1 Å². The molecule has 26 heavy (non-hydrogen) atoms. The Bertz CT molecular complexity index is 711. The van der Waals surface area contributed by atoms with Crippen molar-refractivity contribution < 1.29 is 14.3 Å². The van der Waals surface area contributed by atoms with E-state index in [4.69, 9.17) is 9.47 Å². The third-order valence-corrected chi connectivity index (χ3v) is 4.86. The average molecular weight is 371 g/mol. The molecule has 2 aromatic rings. The summed E-state index contributed by atoms with van der Waals surface area (Å²) in [5.74, 6) is 2.48. The zero-order chi connectivity index (χ0) is 18.8. The molecule has 0 atom stereocenters. The largest absolute Gasteiger partial charge is 0.493 e. The van der Waals surface area contributed by atoms with Crippen LogP contribution in [-0.4, -0.2) is 24.7 Å². The number of hydrogen-bond acceptors (Lipinski definition) is 4. The number of allylic oxidation sites excluding steroid dienone is 1. The van der Waals surface area contributed by atoms with Crippen LogP contribution in [0.1, 0.15) is 43.1 Å². The molecule has 0 heterocycles. The normalized spacial score (nSPS) is 10.9. The highest BCUT2D eigenvalue weighted by molar-refractivity contribution is 7.99. The second-order valence-electron chi connectivity index (χ2n) is 5.60. The van der Waals surface area contributed by atoms with Crippen molar-refractivity contribution in [3.8, 4) is 11.5 Å². The molecule has 0 spiro atoms. The molecule has 0 fully saturated rings. The van der Waals surface area contributed by atoms with E-state index in [1.54, 1.807) is 23.9 Å². The first-order chi connectivity index (χ1) is 12.7. The van der Waals surface area contributed by atoms with Crippen LogP contribution in [0.2, 0.25) is 0 Å². The lowest BCUT2D eigenvalue weighted by atomic mass is 10.1. The fourth-order valence-electron chi connectivity index (χ4n) is 2.44. The van der Waals surface area contributed by atoms with Gasteiger partial charge in [-0.05, 0) is 74.6 Å². The van der Waals surface area contributed by atoms with E-state index in [1.165, 1.54) is 4.90 Å². The van der Waals surface area contributed by atoms with Gasteiger partial charge in [0.15, 0.2) is 5.78 Å². The first-order valence-corrected chi connectivity index (χ1v) is 10.0. The lowest BCUT2D eigenvalue weighted by molar-refractivity contribution is 0.104. The van der Waals surface area contributed by atoms with Crippen molar-refractivity contribution in [3.63, 3.8) is 0 Å². The van der Waals surface area contributed by atoms with Gasteiger partial charge >= 0.3 is 0 Å². The molecule has 2 aromatic carbocycles. The number of hydrogen-bond donors (Lipinski definition) is 0. The Morgan fingerprint density at radius 3 is 2.12 bits per heavy atom. The molecule has 138 valence electrons. The van der Waals surface area contributed by atoms with Gasteiger partial charge in [-0.2, -0.15) is 0 Å². The van der Waals surface area contributed by atoms with Crippen molar-refractivity contribution in [2.24, 2.45) is 0 Å². The topological polar surface area (TPSA) is 35.5 Å². The lowest BCUT2D eigenvalue weighted by Crippen LogP contribution is -1.99. The second-order valence-corrected chi connectivity index (χ2v) is 6.77. The summed E-state index contributed by atoms with van der Waals surface area (Å²) in [6.07, 6.45) is 4.49. The molecule has 0 saturated carbocycles. The minimum absolute atomic E-state index is 0.0363. The highest BCUT2D eigenvalue weighted by Gasteiger charge is 2.09. The van der Waals surface area contributed by atoms with Gasteiger partial charge in [0, 0.05) is 10.5 Å². The average Bonchev–Trinajstić information content (AvgIpc) is 2.66. The Morgan fingerprint density at radius 1 is 0.962 bits per heavy atom. The predicted molar refractivity (Wildman–Crippen MR) is 110 cm³/mol. The molecule has 0 aliphatic rings. The summed E-state index contributed by atoms with van der Waals surface area (Å²) in [4.78, 5) is 13.7. The van der Waals surface area contributed by atoms with E-state index in [1.807, 2.05) is 56.3 Å². The second kappa shape index (κ2) is 10.7. The smallest absolute Gasteiger partial charge is 0.185 e. The fraction of sp³-hybridized carbons (Fsp3) is 0.318. The molecule has 4 heteroatoms. The summed E-state index contributed by atoms with van der Waals surface area (Å²) in [5.41, 5.74) is 1.47. The number of thioether (sulfide) groups is 1. The maximum Gasteiger partial charge on any atom is 0.185 e. The minimum Gasteiger partial charge on any atom is -0.493 e. The Kier molecular flexibility index (Phi) is 8.29. The summed E-state index contributed by atoms with van der Waals surface area (Å²) in [6, 6.07) is 13.4. The summed E-state index contributed by atoms with van der Waals surface area (Å²) >= 11 is 1.80. The Morgan fingerprint density at radius 2 is 1.58 bits per heavy atom. The van der Waals surface area contributed by atoms with Crippen molar-refractivity contribution in [2.75, 3.05) is 19.0 Å². The molecule has 0 N–H and O–H groups in total. The van der Waals surface area contributed by atoms with E-state index < -0.39 is 0 Å². The van der Waals surface area contributed by atoms with Gasteiger partial charge < -0.3 is 9.47 Å². The molecule has 0 radical (unpaired) electrons. The van der Waals surface area contributed by atoms with E-state index in [2.05, 4.69) is 6.92 Å². The van der Waals surface area contributed by atoms with E-state index >= 15 is 0 Å². The van der Waals surface area contributed by atoms with E-state index in [0.29, 0.717) is 30.3 Å². The van der Waals surface area contributed by atoms with Gasteiger partial charge in [0.25, 0.3) is 0 Å². The van der Waals surface area contributed by atoms with Crippen LogP contribution in [-0.2, 0) is 0 Å². The lowest BCUT2D eigenvalue weighted by Gasteiger charge is -2.12. The molecular weight excluding hydrogens is 344 g/mol. The van der Waals surface area contributed by atoms with Crippen LogP contribution in [0.4, 0.5) is 0 Å². The Labute approximate surface area is 160 Å². The summed E-state index contributed by atoms with van der Waals surface area (Å²) in [7, 11) is 0. The first kappa shape index (κ1) is 20.1. The van der Waals surface area contributed by atoms with Crippen LogP contribution in [0.15, 0.2) is 53.4 Å². The predicted octanol–water partition coefficient (Wildman–Crippen LogP) is 5.88. The molecule has 3 nitrogen and oxygen atoms in total. The quantitative estimate of drug-likeness (QED) is 0.297. The van der Waals surface area contributed by atoms with Crippen molar-refractivity contribution >= 4 is 23.6 Å². The van der Waals surface area contributed by atoms with Crippen molar-refractivity contribution in [1.29, 1.82) is 0 Å². The Hall–Kier alpha value is -2.20. The van der Waals surface area contributed by atoms with Crippen molar-refractivity contribution in [1.82, 2.24) is 0 Å². The molecule has 0 aromatic heterocycles. The van der Waals surface area contributed by atoms with Gasteiger partial charge in [-0.15, -0.1) is 11.8 Å². The summed E-state index contributed by atoms with van der Waals surface area (Å²) in [5, 5.41) is 0. The van der Waals surface area contributed by atoms with Crippen LogP contribution in [0, 0.1) is 0 Å². The third-order valence-electron chi connectivity index (χ3n) is 3.64. The summed E-state index contributed by atoms with van der Waals surface area (Å²) < 4.78 is 11.3. The highest BCUT2D eigenvalue weighted by atomic mass is 32.2. The van der Waals surface area contributed by atoms with E-state index in [0.717, 1.165) is 17.7 Å². The zero-order valence-corrected chi connectivity index (χ0v) is 16.5. The van der Waals surface area contributed by atoms with E-state index in [9.17, 15) is 4.79 Å². The summed E-state index contributed by atoms with van der Waals surface area (Å²) in [6.45, 7) is 7.14. The van der Waals surface area contributed by atoms with Gasteiger partial charge in [0.2, 0.25) is 0 Å². The molecule has 0 saturated heterocycles. The zero-order valence-electron chi connectivity index (χ0n) is 15.7. The van der Waals surface area contributed by atoms with Crippen LogP contribution in [0.25, 0.3) is 6.08 Å². The van der Waals surface area contributed by atoms with Gasteiger partial charge in [-0.1, -0.05) is 13.0 Å². The maximum atomic E-state index is 12.5. The molecule has 0 bridgehead atoms. The molecule has 0 amide bonds. The van der Waals surface area contributed by atoms with E-state index in [-0.39, 0.29) is 5.78 Å². The van der Waals surface area contributed by atoms with Crippen molar-refractivity contribution in [3.05, 3.63) is 59.7 Å². The standard InChI is InChI=1S/C22H26O3S/c1-4-16-26-18-12-10-17(11-13-18)20(23)15-14-19-21(24-5-2)8-7-9-22(19)25-6-3/h7-15H,4-6,16H2,1-3H3/b15-14+. The molecule has 2 rings (SSSR count). The molecule has 0 aliphatic heterocycles. The van der Waals surface area contributed by atoms with Crippen LogP contribution in [0.3, 0.4) is 0 Å². The first-order valence-electron chi connectivity index (χ1n) is 9.03. The number of carbonyl (C=O) groups is 1. The molecule has 0 unspecified atom stereocenters. The van der Waals surface area contributed by atoms with Crippen LogP contribution in [0.5, 0.6) is 11.5 Å². The Balaban J connectivity index is 2.18. The SMILES string of the molecule is CCCSc1ccc(C(=O)/C=C/c2c(OCC)cccc2OCC)cc1. The monoisotopic (exact) mass is 370 g/mol. The number of ether oxygens (including phenoxy) is 2. The van der Waals surface area contributed by atoms with Gasteiger partial charge in [0.1, 0.15) is 11.5 Å². The maximum absolute atomic E-state index is 12.5. The third kappa shape index (κ3) is 5.67. The highest BCUT2D eigenvalue weighted by Crippen LogP contribution is 2.30. The fourth-order valence-corrected chi connectivity index (χ4v) is 3.21. The number of ketones is 1. The van der Waals surface area contributed by atoms with Gasteiger partial charge in [-0.25, -0.2) is 0 Å². The van der Waals surface area contributed by atoms with Gasteiger partial charge in [0.05, 0.1) is 18.8 Å². The number of benzene rings is 2. The number of carbonyl (C=O) groups excluding carboxylic acids is 1. The number of rotatable bonds is 10. The molecule has 0 aliphatic carbocycles. The van der Waals surface area contributed by atoms with Crippen LogP contribution >= 0.6 is 11.8 Å². The minimum atomic E-state index is -0.0363. The van der Waals surface area contributed by atoms with Crippen LogP contribution < -0.4 is 9.47 Å². The van der Waals surface area contributed by atoms with Gasteiger partial charge in [-0.3, -0.25) is 4.79 Å². The molecular formula is C22H26O3S.